The first kappa shape index (κ1) is 20.6. The summed E-state index contributed by atoms with van der Waals surface area (Å²) in [6, 6.07) is 15.8. The molecule has 0 aliphatic carbocycles. The first-order valence-corrected chi connectivity index (χ1v) is 9.67. The third kappa shape index (κ3) is 5.23. The smallest absolute Gasteiger partial charge is 0.251 e. The highest BCUT2D eigenvalue weighted by Gasteiger charge is 2.13. The van der Waals surface area contributed by atoms with Gasteiger partial charge in [-0.25, -0.2) is 4.68 Å². The van der Waals surface area contributed by atoms with Crippen molar-refractivity contribution < 1.29 is 9.53 Å². The highest BCUT2D eigenvalue weighted by molar-refractivity contribution is 5.94. The molecule has 0 aliphatic rings. The first-order chi connectivity index (χ1) is 14.0. The second kappa shape index (κ2) is 9.39. The molecule has 0 unspecified atom stereocenters. The predicted molar refractivity (Wildman–Crippen MR) is 114 cm³/mol. The van der Waals surface area contributed by atoms with E-state index in [1.54, 1.807) is 11.8 Å². The first-order valence-electron chi connectivity index (χ1n) is 9.67. The van der Waals surface area contributed by atoms with Gasteiger partial charge in [0.05, 0.1) is 18.4 Å². The van der Waals surface area contributed by atoms with Crippen LogP contribution in [0.2, 0.25) is 0 Å². The fraction of sp³-hybridized carbons (Fsp3) is 0.304. The number of hydrogen-bond acceptors (Lipinski definition) is 4. The minimum Gasteiger partial charge on any atom is -0.481 e. The Balaban J connectivity index is 1.56. The van der Waals surface area contributed by atoms with Crippen LogP contribution in [0.5, 0.6) is 5.88 Å². The topological polar surface area (TPSA) is 68.2 Å². The quantitative estimate of drug-likeness (QED) is 0.617. The number of amides is 1. The molecule has 0 fully saturated rings. The number of carbonyl (C=O) groups excluding carboxylic acids is 1. The average Bonchev–Trinajstić information content (AvgIpc) is 3.00. The van der Waals surface area contributed by atoms with E-state index in [0.717, 1.165) is 28.3 Å². The Kier molecular flexibility index (Phi) is 6.67. The summed E-state index contributed by atoms with van der Waals surface area (Å²) in [7, 11) is 3.52. The summed E-state index contributed by atoms with van der Waals surface area (Å²) >= 11 is 0. The Hall–Kier alpha value is -3.12. The van der Waals surface area contributed by atoms with Crippen molar-refractivity contribution in [2.45, 2.75) is 33.5 Å². The Morgan fingerprint density at radius 2 is 1.79 bits per heavy atom. The van der Waals surface area contributed by atoms with Gasteiger partial charge in [-0.15, -0.1) is 0 Å². The Bertz CT molecular complexity index is 977. The van der Waals surface area contributed by atoms with Gasteiger partial charge in [-0.3, -0.25) is 4.79 Å². The van der Waals surface area contributed by atoms with Gasteiger partial charge in [0.1, 0.15) is 0 Å². The summed E-state index contributed by atoms with van der Waals surface area (Å²) in [6.07, 6.45) is 0. The number of hydrogen-bond donors (Lipinski definition) is 2. The van der Waals surface area contributed by atoms with E-state index < -0.39 is 0 Å². The fourth-order valence-corrected chi connectivity index (χ4v) is 3.28. The number of rotatable bonds is 8. The summed E-state index contributed by atoms with van der Waals surface area (Å²) in [5.74, 6) is 0.691. The third-order valence-electron chi connectivity index (χ3n) is 4.88. The lowest BCUT2D eigenvalue weighted by Gasteiger charge is -2.09. The number of nitrogens with zero attached hydrogens (tertiary/aromatic N) is 2. The molecule has 0 bridgehead atoms. The van der Waals surface area contributed by atoms with Gasteiger partial charge in [-0.05, 0) is 37.1 Å². The molecule has 152 valence electrons. The zero-order valence-electron chi connectivity index (χ0n) is 17.5. The van der Waals surface area contributed by atoms with Gasteiger partial charge < -0.3 is 15.4 Å². The maximum atomic E-state index is 12.5. The van der Waals surface area contributed by atoms with Gasteiger partial charge in [0.2, 0.25) is 5.88 Å². The Morgan fingerprint density at radius 1 is 1.03 bits per heavy atom. The van der Waals surface area contributed by atoms with Crippen LogP contribution in [0.25, 0.3) is 0 Å². The van der Waals surface area contributed by atoms with E-state index in [-0.39, 0.29) is 5.91 Å². The van der Waals surface area contributed by atoms with Crippen molar-refractivity contribution in [2.24, 2.45) is 7.05 Å². The van der Waals surface area contributed by atoms with Crippen molar-refractivity contribution in [3.8, 4) is 5.88 Å². The molecule has 3 aromatic rings. The number of methoxy groups -OCH3 is 1. The van der Waals surface area contributed by atoms with Crippen LogP contribution >= 0.6 is 0 Å². The highest BCUT2D eigenvalue weighted by atomic mass is 16.5. The molecular weight excluding hydrogens is 364 g/mol. The van der Waals surface area contributed by atoms with E-state index >= 15 is 0 Å². The molecule has 1 aromatic heterocycles. The normalized spacial score (nSPS) is 10.8. The molecular formula is C23H28N4O2. The molecule has 2 aromatic carbocycles. The molecule has 29 heavy (non-hydrogen) atoms. The standard InChI is InChI=1S/C23H28N4O2/c1-16-8-10-18(11-9-16)14-25-22(28)20-7-5-6-19(12-20)13-24-15-21-17(2)26-27(3)23(21)29-4/h5-12,24H,13-15H2,1-4H3,(H,25,28). The molecule has 0 spiro atoms. The fourth-order valence-electron chi connectivity index (χ4n) is 3.28. The van der Waals surface area contributed by atoms with Crippen molar-refractivity contribution in [1.29, 1.82) is 0 Å². The molecule has 0 aliphatic heterocycles. The van der Waals surface area contributed by atoms with E-state index in [9.17, 15) is 4.79 Å². The minimum absolute atomic E-state index is 0.0720. The van der Waals surface area contributed by atoms with Crippen LogP contribution < -0.4 is 15.4 Å². The van der Waals surface area contributed by atoms with Gasteiger partial charge >= 0.3 is 0 Å². The molecule has 3 rings (SSSR count). The summed E-state index contributed by atoms with van der Waals surface area (Å²) in [4.78, 5) is 12.5. The Morgan fingerprint density at radius 3 is 2.52 bits per heavy atom. The van der Waals surface area contributed by atoms with Crippen LogP contribution in [0.3, 0.4) is 0 Å². The van der Waals surface area contributed by atoms with Gasteiger partial charge in [0.15, 0.2) is 0 Å². The van der Waals surface area contributed by atoms with Crippen molar-refractivity contribution in [3.63, 3.8) is 0 Å². The SMILES string of the molecule is COc1c(CNCc2cccc(C(=O)NCc3ccc(C)cc3)c2)c(C)nn1C. The monoisotopic (exact) mass is 392 g/mol. The summed E-state index contributed by atoms with van der Waals surface area (Å²) in [5.41, 5.74) is 5.99. The van der Waals surface area contributed by atoms with Crippen molar-refractivity contribution >= 4 is 5.91 Å². The lowest BCUT2D eigenvalue weighted by Crippen LogP contribution is -2.23. The molecule has 0 atom stereocenters. The maximum absolute atomic E-state index is 12.5. The third-order valence-corrected chi connectivity index (χ3v) is 4.88. The van der Waals surface area contributed by atoms with Gasteiger partial charge in [-0.1, -0.05) is 42.0 Å². The maximum Gasteiger partial charge on any atom is 0.251 e. The van der Waals surface area contributed by atoms with Gasteiger partial charge in [0, 0.05) is 32.2 Å². The molecule has 1 amide bonds. The van der Waals surface area contributed by atoms with Crippen LogP contribution in [-0.2, 0) is 26.7 Å². The minimum atomic E-state index is -0.0720. The van der Waals surface area contributed by atoms with E-state index in [2.05, 4.69) is 15.7 Å². The molecule has 1 heterocycles. The largest absolute Gasteiger partial charge is 0.481 e. The Labute approximate surface area is 171 Å². The summed E-state index contributed by atoms with van der Waals surface area (Å²) in [6.45, 7) is 5.83. The van der Waals surface area contributed by atoms with Crippen molar-refractivity contribution in [3.05, 3.63) is 82.0 Å². The van der Waals surface area contributed by atoms with E-state index in [4.69, 9.17) is 4.74 Å². The van der Waals surface area contributed by atoms with E-state index in [1.807, 2.05) is 69.4 Å². The van der Waals surface area contributed by atoms with Crippen LogP contribution in [0.1, 0.15) is 38.3 Å². The predicted octanol–water partition coefficient (Wildman–Crippen LogP) is 3.27. The molecule has 6 nitrogen and oxygen atoms in total. The van der Waals surface area contributed by atoms with Crippen LogP contribution in [0, 0.1) is 13.8 Å². The number of ether oxygens (including phenoxy) is 1. The average molecular weight is 393 g/mol. The molecule has 6 heteroatoms. The van der Waals surface area contributed by atoms with Crippen LogP contribution in [0.4, 0.5) is 0 Å². The second-order valence-electron chi connectivity index (χ2n) is 7.17. The lowest BCUT2D eigenvalue weighted by molar-refractivity contribution is 0.0951. The summed E-state index contributed by atoms with van der Waals surface area (Å²) < 4.78 is 7.17. The highest BCUT2D eigenvalue weighted by Crippen LogP contribution is 2.20. The number of nitrogens with one attached hydrogen (secondary N) is 2. The zero-order chi connectivity index (χ0) is 20.8. The number of carbonyl (C=O) groups is 1. The molecule has 2 N–H and O–H groups in total. The number of benzene rings is 2. The lowest BCUT2D eigenvalue weighted by atomic mass is 10.1. The van der Waals surface area contributed by atoms with Crippen molar-refractivity contribution in [2.75, 3.05) is 7.11 Å². The molecule has 0 saturated carbocycles. The van der Waals surface area contributed by atoms with E-state index in [0.29, 0.717) is 25.2 Å². The van der Waals surface area contributed by atoms with E-state index in [1.165, 1.54) is 5.56 Å². The number of aromatic nitrogens is 2. The second-order valence-corrected chi connectivity index (χ2v) is 7.17. The van der Waals surface area contributed by atoms with Gasteiger partial charge in [0.25, 0.3) is 5.91 Å². The van der Waals surface area contributed by atoms with Crippen LogP contribution in [0.15, 0.2) is 48.5 Å². The number of aryl methyl sites for hydroxylation is 3. The summed E-state index contributed by atoms with van der Waals surface area (Å²) in [5, 5.41) is 10.8. The van der Waals surface area contributed by atoms with Crippen molar-refractivity contribution in [1.82, 2.24) is 20.4 Å². The van der Waals surface area contributed by atoms with Gasteiger partial charge in [-0.2, -0.15) is 5.10 Å². The zero-order valence-corrected chi connectivity index (χ0v) is 17.5. The molecule has 0 saturated heterocycles. The van der Waals surface area contributed by atoms with Crippen LogP contribution in [-0.4, -0.2) is 22.8 Å². The molecule has 0 radical (unpaired) electrons.